The van der Waals surface area contributed by atoms with Crippen molar-refractivity contribution < 1.29 is 9.53 Å². The molecule has 1 aromatic rings. The maximum absolute atomic E-state index is 13.0. The maximum Gasteiger partial charge on any atom is 0.239 e. The summed E-state index contributed by atoms with van der Waals surface area (Å²) < 4.78 is 5.49. The summed E-state index contributed by atoms with van der Waals surface area (Å²) in [6, 6.07) is 8.13. The number of carbonyl (C=O) groups excluding carboxylic acids is 1. The van der Waals surface area contributed by atoms with E-state index in [-0.39, 0.29) is 6.04 Å². The number of carbonyl (C=O) groups is 1. The second kappa shape index (κ2) is 8.30. The smallest absolute Gasteiger partial charge is 0.239 e. The molecule has 26 heavy (non-hydrogen) atoms. The van der Waals surface area contributed by atoms with Gasteiger partial charge >= 0.3 is 0 Å². The number of para-hydroxylation sites is 2. The van der Waals surface area contributed by atoms with Gasteiger partial charge in [0.25, 0.3) is 0 Å². The third kappa shape index (κ3) is 4.14. The minimum Gasteiger partial charge on any atom is -0.495 e. The number of hydrogen-bond acceptors (Lipinski definition) is 4. The zero-order valence-corrected chi connectivity index (χ0v) is 16.6. The zero-order chi connectivity index (χ0) is 18.7. The van der Waals surface area contributed by atoms with Crippen molar-refractivity contribution in [1.29, 1.82) is 0 Å². The van der Waals surface area contributed by atoms with E-state index in [2.05, 4.69) is 47.6 Å². The Morgan fingerprint density at radius 3 is 2.31 bits per heavy atom. The zero-order valence-electron chi connectivity index (χ0n) is 16.6. The summed E-state index contributed by atoms with van der Waals surface area (Å²) in [5.41, 5.74) is 1.15. The Morgan fingerprint density at radius 2 is 1.69 bits per heavy atom. The van der Waals surface area contributed by atoms with Crippen molar-refractivity contribution in [2.45, 2.75) is 33.2 Å². The molecule has 0 spiro atoms. The summed E-state index contributed by atoms with van der Waals surface area (Å²) in [5, 5.41) is 0. The van der Waals surface area contributed by atoms with E-state index in [1.165, 1.54) is 6.42 Å². The molecular weight excluding hydrogens is 326 g/mol. The Hall–Kier alpha value is -1.75. The first kappa shape index (κ1) is 19.0. The molecule has 0 unspecified atom stereocenters. The summed E-state index contributed by atoms with van der Waals surface area (Å²) in [6.07, 6.45) is 1.23. The fraction of sp³-hybridized carbons (Fsp3) is 0.667. The summed E-state index contributed by atoms with van der Waals surface area (Å²) >= 11 is 0. The summed E-state index contributed by atoms with van der Waals surface area (Å²) in [6.45, 7) is 12.1. The van der Waals surface area contributed by atoms with Gasteiger partial charge < -0.3 is 14.5 Å². The van der Waals surface area contributed by atoms with Crippen LogP contribution < -0.4 is 9.64 Å². The van der Waals surface area contributed by atoms with E-state index in [1.54, 1.807) is 7.11 Å². The highest BCUT2D eigenvalue weighted by atomic mass is 16.5. The predicted octanol–water partition coefficient (Wildman–Crippen LogP) is 2.71. The normalized spacial score (nSPS) is 25.8. The van der Waals surface area contributed by atoms with Gasteiger partial charge in [-0.05, 0) is 37.3 Å². The highest BCUT2D eigenvalue weighted by Crippen LogP contribution is 2.29. The van der Waals surface area contributed by atoms with Gasteiger partial charge in [-0.15, -0.1) is 0 Å². The van der Waals surface area contributed by atoms with Crippen LogP contribution in [0.3, 0.4) is 0 Å². The fourth-order valence-corrected chi connectivity index (χ4v) is 4.50. The van der Waals surface area contributed by atoms with Crippen molar-refractivity contribution in [1.82, 2.24) is 9.80 Å². The van der Waals surface area contributed by atoms with Gasteiger partial charge in [-0.1, -0.05) is 26.0 Å². The van der Waals surface area contributed by atoms with Gasteiger partial charge in [0, 0.05) is 39.3 Å². The third-order valence-corrected chi connectivity index (χ3v) is 5.83. The van der Waals surface area contributed by atoms with Crippen LogP contribution in [-0.4, -0.2) is 68.1 Å². The van der Waals surface area contributed by atoms with Crippen LogP contribution in [-0.2, 0) is 4.79 Å². The lowest BCUT2D eigenvalue weighted by molar-refractivity contribution is -0.139. The van der Waals surface area contributed by atoms with Crippen molar-refractivity contribution in [2.24, 2.45) is 11.8 Å². The van der Waals surface area contributed by atoms with E-state index in [0.717, 1.165) is 50.7 Å². The predicted molar refractivity (Wildman–Crippen MR) is 106 cm³/mol. The van der Waals surface area contributed by atoms with Crippen molar-refractivity contribution in [3.63, 3.8) is 0 Å². The number of nitrogens with zero attached hydrogens (tertiary/aromatic N) is 3. The molecule has 5 nitrogen and oxygen atoms in total. The van der Waals surface area contributed by atoms with Gasteiger partial charge in [0.2, 0.25) is 5.91 Å². The van der Waals surface area contributed by atoms with Crippen LogP contribution in [0.1, 0.15) is 27.2 Å². The van der Waals surface area contributed by atoms with Gasteiger partial charge in [0.1, 0.15) is 5.75 Å². The lowest BCUT2D eigenvalue weighted by Crippen LogP contribution is -2.56. The van der Waals surface area contributed by atoms with Gasteiger partial charge in [0.05, 0.1) is 18.8 Å². The molecular formula is C21H33N3O2. The Labute approximate surface area is 157 Å². The average Bonchev–Trinajstić information content (AvgIpc) is 2.66. The number of ether oxygens (including phenoxy) is 1. The molecule has 0 saturated carbocycles. The van der Waals surface area contributed by atoms with E-state index in [4.69, 9.17) is 4.74 Å². The number of methoxy groups -OCH3 is 1. The lowest BCUT2D eigenvalue weighted by atomic mass is 9.91. The van der Waals surface area contributed by atoms with E-state index in [9.17, 15) is 4.79 Å². The molecule has 2 aliphatic heterocycles. The lowest BCUT2D eigenvalue weighted by Gasteiger charge is -2.42. The van der Waals surface area contributed by atoms with Crippen molar-refractivity contribution in [2.75, 3.05) is 51.3 Å². The molecule has 3 rings (SSSR count). The number of likely N-dealkylation sites (tertiary alicyclic amines) is 1. The first-order valence-electron chi connectivity index (χ1n) is 9.90. The second-order valence-electron chi connectivity index (χ2n) is 8.06. The van der Waals surface area contributed by atoms with Gasteiger partial charge in [-0.3, -0.25) is 9.69 Å². The van der Waals surface area contributed by atoms with Crippen LogP contribution in [0.25, 0.3) is 0 Å². The molecule has 2 saturated heterocycles. The molecule has 0 bridgehead atoms. The van der Waals surface area contributed by atoms with Crippen molar-refractivity contribution >= 4 is 11.6 Å². The average molecular weight is 360 g/mol. The molecule has 2 fully saturated rings. The minimum atomic E-state index is -0.0349. The van der Waals surface area contributed by atoms with Crippen LogP contribution in [0.5, 0.6) is 5.75 Å². The largest absolute Gasteiger partial charge is 0.495 e. The molecule has 2 heterocycles. The molecule has 0 aromatic heterocycles. The maximum atomic E-state index is 13.0. The minimum absolute atomic E-state index is 0.0349. The van der Waals surface area contributed by atoms with E-state index in [1.807, 2.05) is 12.1 Å². The first-order chi connectivity index (χ1) is 12.5. The number of piperidine rings is 1. The van der Waals surface area contributed by atoms with E-state index in [0.29, 0.717) is 17.7 Å². The molecule has 0 aliphatic carbocycles. The van der Waals surface area contributed by atoms with Crippen molar-refractivity contribution in [3.8, 4) is 5.75 Å². The number of amides is 1. The van der Waals surface area contributed by atoms with Gasteiger partial charge in [-0.25, -0.2) is 0 Å². The summed E-state index contributed by atoms with van der Waals surface area (Å²) in [5.74, 6) is 2.44. The topological polar surface area (TPSA) is 36.0 Å². The van der Waals surface area contributed by atoms with Crippen LogP contribution in [0.15, 0.2) is 24.3 Å². The van der Waals surface area contributed by atoms with E-state index >= 15 is 0 Å². The number of piperazine rings is 1. The van der Waals surface area contributed by atoms with Crippen LogP contribution >= 0.6 is 0 Å². The highest BCUT2D eigenvalue weighted by Gasteiger charge is 2.32. The monoisotopic (exact) mass is 359 g/mol. The Morgan fingerprint density at radius 1 is 1.08 bits per heavy atom. The molecule has 0 radical (unpaired) electrons. The van der Waals surface area contributed by atoms with Crippen LogP contribution in [0.2, 0.25) is 0 Å². The quantitative estimate of drug-likeness (QED) is 0.828. The standard InChI is InChI=1S/C21H33N3O2/c1-16-13-17(2)15-24(14-16)21(25)18(3)22-9-11-23(12-10-22)19-7-5-6-8-20(19)26-4/h5-8,16-18H,9-15H2,1-4H3/t16-,17+,18-/m1/s1. The fourth-order valence-electron chi connectivity index (χ4n) is 4.50. The van der Waals surface area contributed by atoms with Crippen LogP contribution in [0, 0.1) is 11.8 Å². The molecule has 3 atom stereocenters. The molecule has 1 amide bonds. The number of anilines is 1. The Bertz CT molecular complexity index is 603. The van der Waals surface area contributed by atoms with Gasteiger partial charge in [-0.2, -0.15) is 0 Å². The summed E-state index contributed by atoms with van der Waals surface area (Å²) in [7, 11) is 1.72. The molecule has 0 N–H and O–H groups in total. The first-order valence-corrected chi connectivity index (χ1v) is 9.90. The van der Waals surface area contributed by atoms with E-state index < -0.39 is 0 Å². The number of rotatable bonds is 4. The van der Waals surface area contributed by atoms with Crippen LogP contribution in [0.4, 0.5) is 5.69 Å². The van der Waals surface area contributed by atoms with Gasteiger partial charge in [0.15, 0.2) is 0 Å². The number of benzene rings is 1. The second-order valence-corrected chi connectivity index (χ2v) is 8.06. The number of hydrogen-bond donors (Lipinski definition) is 0. The SMILES string of the molecule is COc1ccccc1N1CCN([C@H](C)C(=O)N2C[C@H](C)C[C@H](C)C2)CC1. The summed E-state index contributed by atoms with van der Waals surface area (Å²) in [4.78, 5) is 19.8. The Balaban J connectivity index is 1.58. The molecule has 5 heteroatoms. The molecule has 144 valence electrons. The van der Waals surface area contributed by atoms with Crippen molar-refractivity contribution in [3.05, 3.63) is 24.3 Å². The highest BCUT2D eigenvalue weighted by molar-refractivity contribution is 5.81. The molecule has 2 aliphatic rings. The third-order valence-electron chi connectivity index (χ3n) is 5.83. The Kier molecular flexibility index (Phi) is 6.07. The molecule has 1 aromatic carbocycles.